The van der Waals surface area contributed by atoms with Gasteiger partial charge in [0.15, 0.2) is 5.82 Å². The number of halogens is 1. The molecule has 1 fully saturated rings. The summed E-state index contributed by atoms with van der Waals surface area (Å²) in [5, 5.41) is 7.67. The van der Waals surface area contributed by atoms with Gasteiger partial charge in [0.05, 0.1) is 18.1 Å². The molecule has 36 heavy (non-hydrogen) atoms. The summed E-state index contributed by atoms with van der Waals surface area (Å²) in [6.07, 6.45) is 10.6. The SMILES string of the molecule is Cc1cc(P(C)(C)=O)c(Nc2nc(Nc3ccc4c(c3)CCC(N3CCCC3)CC4)ncc2Cl)cn1. The molecule has 9 heteroatoms. The lowest BCUT2D eigenvalue weighted by molar-refractivity contribution is 0.222. The van der Waals surface area contributed by atoms with Crippen molar-refractivity contribution in [2.45, 2.75) is 51.5 Å². The van der Waals surface area contributed by atoms with Crippen molar-refractivity contribution in [3.05, 3.63) is 58.5 Å². The highest BCUT2D eigenvalue weighted by Gasteiger charge is 2.24. The molecule has 0 spiro atoms. The summed E-state index contributed by atoms with van der Waals surface area (Å²) in [5.41, 5.74) is 5.27. The second kappa shape index (κ2) is 10.5. The number of rotatable bonds is 6. The Kier molecular flexibility index (Phi) is 7.34. The van der Waals surface area contributed by atoms with Crippen LogP contribution in [0.25, 0.3) is 0 Å². The Labute approximate surface area is 218 Å². The van der Waals surface area contributed by atoms with E-state index in [0.717, 1.165) is 29.5 Å². The van der Waals surface area contributed by atoms with Crippen molar-refractivity contribution < 1.29 is 4.57 Å². The normalized spacial score (nSPS) is 18.5. The van der Waals surface area contributed by atoms with Crippen LogP contribution in [0.1, 0.15) is 42.5 Å². The van der Waals surface area contributed by atoms with Crippen molar-refractivity contribution in [1.29, 1.82) is 0 Å². The highest BCUT2D eigenvalue weighted by atomic mass is 35.5. The third kappa shape index (κ3) is 5.74. The quantitative estimate of drug-likeness (QED) is 0.306. The van der Waals surface area contributed by atoms with Gasteiger partial charge in [0.1, 0.15) is 12.2 Å². The summed E-state index contributed by atoms with van der Waals surface area (Å²) in [4.78, 5) is 16.0. The summed E-state index contributed by atoms with van der Waals surface area (Å²) in [6.45, 7) is 7.88. The number of pyridine rings is 1. The van der Waals surface area contributed by atoms with Crippen LogP contribution in [0.4, 0.5) is 23.1 Å². The van der Waals surface area contributed by atoms with Gasteiger partial charge < -0.3 is 20.1 Å². The van der Waals surface area contributed by atoms with E-state index in [1.165, 1.54) is 49.9 Å². The van der Waals surface area contributed by atoms with E-state index in [2.05, 4.69) is 48.7 Å². The minimum atomic E-state index is -2.54. The molecule has 0 bridgehead atoms. The molecule has 190 valence electrons. The molecule has 1 aliphatic carbocycles. The van der Waals surface area contributed by atoms with Crippen LogP contribution in [0.2, 0.25) is 5.02 Å². The Hall–Kier alpha value is -2.47. The third-order valence-corrected chi connectivity index (χ3v) is 9.02. The molecule has 1 atom stereocenters. The van der Waals surface area contributed by atoms with Crippen LogP contribution in [0.15, 0.2) is 36.7 Å². The zero-order valence-corrected chi connectivity index (χ0v) is 22.9. The lowest BCUT2D eigenvalue weighted by atomic mass is 10.0. The molecule has 2 N–H and O–H groups in total. The van der Waals surface area contributed by atoms with Crippen molar-refractivity contribution in [3.8, 4) is 0 Å². The van der Waals surface area contributed by atoms with Crippen LogP contribution < -0.4 is 15.9 Å². The number of nitrogens with one attached hydrogen (secondary N) is 2. The fraction of sp³-hybridized carbons (Fsp3) is 0.444. The van der Waals surface area contributed by atoms with E-state index >= 15 is 0 Å². The molecule has 3 aromatic rings. The summed E-state index contributed by atoms with van der Waals surface area (Å²) in [5.74, 6) is 0.890. The molecule has 1 aromatic carbocycles. The smallest absolute Gasteiger partial charge is 0.229 e. The van der Waals surface area contributed by atoms with Gasteiger partial charge in [-0.15, -0.1) is 0 Å². The first kappa shape index (κ1) is 25.2. The zero-order chi connectivity index (χ0) is 25.3. The number of fused-ring (bicyclic) bond motifs is 1. The fourth-order valence-electron chi connectivity index (χ4n) is 5.30. The Morgan fingerprint density at radius 1 is 1.00 bits per heavy atom. The first-order chi connectivity index (χ1) is 17.3. The molecule has 2 aromatic heterocycles. The Balaban J connectivity index is 1.33. The molecular formula is C27H34ClN6OP. The van der Waals surface area contributed by atoms with Crippen LogP contribution in [0.5, 0.6) is 0 Å². The van der Waals surface area contributed by atoms with E-state index in [-0.39, 0.29) is 0 Å². The zero-order valence-electron chi connectivity index (χ0n) is 21.2. The average molecular weight is 525 g/mol. The minimum absolute atomic E-state index is 0.379. The van der Waals surface area contributed by atoms with Crippen LogP contribution >= 0.6 is 18.7 Å². The molecule has 0 amide bonds. The van der Waals surface area contributed by atoms with Gasteiger partial charge in [-0.1, -0.05) is 17.7 Å². The largest absolute Gasteiger partial charge is 0.337 e. The summed E-state index contributed by atoms with van der Waals surface area (Å²) >= 11 is 6.42. The second-order valence-corrected chi connectivity index (χ2v) is 13.9. The van der Waals surface area contributed by atoms with Gasteiger partial charge in [-0.2, -0.15) is 4.98 Å². The Morgan fingerprint density at radius 2 is 1.75 bits per heavy atom. The van der Waals surface area contributed by atoms with E-state index in [1.54, 1.807) is 25.7 Å². The van der Waals surface area contributed by atoms with Crippen molar-refractivity contribution >= 4 is 47.2 Å². The Morgan fingerprint density at radius 3 is 2.50 bits per heavy atom. The molecule has 1 saturated heterocycles. The molecule has 0 radical (unpaired) electrons. The maximum absolute atomic E-state index is 12.9. The highest BCUT2D eigenvalue weighted by Crippen LogP contribution is 2.39. The number of aromatic nitrogens is 3. The van der Waals surface area contributed by atoms with Gasteiger partial charge in [0, 0.05) is 22.7 Å². The van der Waals surface area contributed by atoms with E-state index < -0.39 is 7.14 Å². The number of benzene rings is 1. The number of anilines is 4. The van der Waals surface area contributed by atoms with E-state index in [0.29, 0.717) is 28.5 Å². The summed E-state index contributed by atoms with van der Waals surface area (Å²) < 4.78 is 12.9. The number of likely N-dealkylation sites (tertiary alicyclic amines) is 1. The average Bonchev–Trinajstić information content (AvgIpc) is 3.29. The molecule has 1 aliphatic heterocycles. The minimum Gasteiger partial charge on any atom is -0.337 e. The lowest BCUT2D eigenvalue weighted by Crippen LogP contribution is -2.32. The fourth-order valence-corrected chi connectivity index (χ4v) is 6.63. The van der Waals surface area contributed by atoms with Crippen LogP contribution in [0.3, 0.4) is 0 Å². The molecular weight excluding hydrogens is 491 g/mol. The van der Waals surface area contributed by atoms with E-state index in [4.69, 9.17) is 11.6 Å². The molecule has 0 saturated carbocycles. The van der Waals surface area contributed by atoms with Gasteiger partial charge in [-0.25, -0.2) is 4.98 Å². The highest BCUT2D eigenvalue weighted by molar-refractivity contribution is 7.70. The molecule has 3 heterocycles. The Bertz CT molecular complexity index is 1300. The summed E-state index contributed by atoms with van der Waals surface area (Å²) in [7, 11) is -2.54. The van der Waals surface area contributed by atoms with Crippen molar-refractivity contribution in [3.63, 3.8) is 0 Å². The number of nitrogens with zero attached hydrogens (tertiary/aromatic N) is 4. The van der Waals surface area contributed by atoms with E-state index in [1.807, 2.05) is 13.0 Å². The van der Waals surface area contributed by atoms with Crippen LogP contribution in [0, 0.1) is 6.92 Å². The van der Waals surface area contributed by atoms with Crippen molar-refractivity contribution in [2.24, 2.45) is 0 Å². The second-order valence-electron chi connectivity index (χ2n) is 10.3. The van der Waals surface area contributed by atoms with Gasteiger partial charge in [-0.3, -0.25) is 4.98 Å². The van der Waals surface area contributed by atoms with Gasteiger partial charge in [-0.05, 0) is 101 Å². The maximum atomic E-state index is 12.9. The van der Waals surface area contributed by atoms with Crippen LogP contribution in [-0.2, 0) is 17.4 Å². The summed E-state index contributed by atoms with van der Waals surface area (Å²) in [6, 6.07) is 9.13. The van der Waals surface area contributed by atoms with Crippen LogP contribution in [-0.4, -0.2) is 52.3 Å². The first-order valence-electron chi connectivity index (χ1n) is 12.7. The molecule has 7 nitrogen and oxygen atoms in total. The van der Waals surface area contributed by atoms with Gasteiger partial charge >= 0.3 is 0 Å². The monoisotopic (exact) mass is 524 g/mol. The topological polar surface area (TPSA) is 83.0 Å². The third-order valence-electron chi connectivity index (χ3n) is 7.21. The van der Waals surface area contributed by atoms with Gasteiger partial charge in [0.2, 0.25) is 5.95 Å². The predicted octanol–water partition coefficient (Wildman–Crippen LogP) is 5.91. The first-order valence-corrected chi connectivity index (χ1v) is 15.7. The molecule has 2 aliphatic rings. The predicted molar refractivity (Wildman–Crippen MR) is 149 cm³/mol. The molecule has 1 unspecified atom stereocenters. The van der Waals surface area contributed by atoms with Crippen molar-refractivity contribution in [1.82, 2.24) is 19.9 Å². The van der Waals surface area contributed by atoms with Crippen molar-refractivity contribution in [2.75, 3.05) is 37.1 Å². The molecule has 5 rings (SSSR count). The number of hydrogen-bond acceptors (Lipinski definition) is 7. The number of aryl methyl sites for hydroxylation is 3. The maximum Gasteiger partial charge on any atom is 0.229 e. The van der Waals surface area contributed by atoms with E-state index in [9.17, 15) is 4.57 Å². The standard InChI is InChI=1S/C27H34ClN6OP/c1-18-14-25(36(2,3)35)24(17-29-18)32-26-23(28)16-30-27(33-26)31-21-9-6-19-7-10-22(11-8-20(19)15-21)34-12-4-5-13-34/h6,9,14-17,22H,4-5,7-8,10-13H2,1-3H3,(H2,30,31,32,33). The number of hydrogen-bond donors (Lipinski definition) is 2. The lowest BCUT2D eigenvalue weighted by Gasteiger charge is -2.25. The van der Waals surface area contributed by atoms with Gasteiger partial charge in [0.25, 0.3) is 0 Å².